The normalized spacial score (nSPS) is 13.4. The van der Waals surface area contributed by atoms with Crippen LogP contribution in [0.15, 0.2) is 41.5 Å². The summed E-state index contributed by atoms with van der Waals surface area (Å²) in [5.74, 6) is 0.534. The lowest BCUT2D eigenvalue weighted by atomic mass is 9.97. The number of amides is 1. The molecule has 1 amide bonds. The van der Waals surface area contributed by atoms with E-state index in [1.807, 2.05) is 24.3 Å². The van der Waals surface area contributed by atoms with Crippen LogP contribution in [0.2, 0.25) is 0 Å². The molecule has 140 valence electrons. The van der Waals surface area contributed by atoms with Gasteiger partial charge in [-0.2, -0.15) is 5.10 Å². The van der Waals surface area contributed by atoms with Crippen LogP contribution in [0, 0.1) is 0 Å². The molecule has 1 aromatic carbocycles. The van der Waals surface area contributed by atoms with Crippen molar-refractivity contribution in [1.82, 2.24) is 19.5 Å². The van der Waals surface area contributed by atoms with Gasteiger partial charge in [-0.05, 0) is 43.4 Å². The Kier molecular flexibility index (Phi) is 4.66. The molecule has 2 aromatic heterocycles. The Balaban J connectivity index is 1.50. The second-order valence-electron chi connectivity index (χ2n) is 6.78. The van der Waals surface area contributed by atoms with E-state index >= 15 is 0 Å². The van der Waals surface area contributed by atoms with Crippen molar-refractivity contribution in [1.29, 1.82) is 0 Å². The van der Waals surface area contributed by atoms with Gasteiger partial charge in [-0.25, -0.2) is 4.52 Å². The molecule has 0 aliphatic heterocycles. The number of hydrogen-bond acceptors (Lipinski definition) is 4. The smallest absolute Gasteiger partial charge is 0.277 e. The van der Waals surface area contributed by atoms with Gasteiger partial charge in [0.25, 0.3) is 5.56 Å². The van der Waals surface area contributed by atoms with E-state index < -0.39 is 0 Å². The topological polar surface area (TPSA) is 77.6 Å². The van der Waals surface area contributed by atoms with Crippen LogP contribution in [0.5, 0.6) is 5.75 Å². The first kappa shape index (κ1) is 17.3. The molecule has 0 atom stereocenters. The van der Waals surface area contributed by atoms with Gasteiger partial charge in [-0.1, -0.05) is 12.1 Å². The van der Waals surface area contributed by atoms with Gasteiger partial charge in [0, 0.05) is 24.5 Å². The molecule has 7 heteroatoms. The first-order chi connectivity index (χ1) is 13.2. The third-order valence-corrected chi connectivity index (χ3v) is 4.97. The van der Waals surface area contributed by atoms with Crippen LogP contribution in [0.1, 0.15) is 29.7 Å². The molecule has 0 fully saturated rings. The van der Waals surface area contributed by atoms with Crippen molar-refractivity contribution in [2.24, 2.45) is 0 Å². The number of hydrogen-bond donors (Lipinski definition) is 1. The monoisotopic (exact) mass is 366 g/mol. The van der Waals surface area contributed by atoms with E-state index in [0.717, 1.165) is 48.3 Å². The largest absolute Gasteiger partial charge is 0.497 e. The number of ether oxygens (including phenoxy) is 1. The first-order valence-electron chi connectivity index (χ1n) is 9.15. The molecule has 2 heterocycles. The van der Waals surface area contributed by atoms with E-state index in [2.05, 4.69) is 10.4 Å². The van der Waals surface area contributed by atoms with Crippen LogP contribution in [-0.4, -0.2) is 27.2 Å². The molecule has 4 rings (SSSR count). The Bertz CT molecular complexity index is 1050. The lowest BCUT2D eigenvalue weighted by molar-refractivity contribution is -0.121. The van der Waals surface area contributed by atoms with Crippen LogP contribution >= 0.6 is 0 Å². The van der Waals surface area contributed by atoms with Crippen molar-refractivity contribution in [3.8, 4) is 5.75 Å². The molecule has 27 heavy (non-hydrogen) atoms. The van der Waals surface area contributed by atoms with E-state index in [1.165, 1.54) is 4.57 Å². The van der Waals surface area contributed by atoms with Gasteiger partial charge < -0.3 is 14.6 Å². The fraction of sp³-hybridized carbons (Fsp3) is 0.350. The average molecular weight is 366 g/mol. The van der Waals surface area contributed by atoms with Crippen molar-refractivity contribution in [3.63, 3.8) is 0 Å². The fourth-order valence-corrected chi connectivity index (χ4v) is 3.57. The highest BCUT2D eigenvalue weighted by atomic mass is 16.5. The summed E-state index contributed by atoms with van der Waals surface area (Å²) >= 11 is 0. The minimum atomic E-state index is -0.211. The molecule has 0 unspecified atom stereocenters. The van der Waals surface area contributed by atoms with Crippen molar-refractivity contribution >= 4 is 11.4 Å². The van der Waals surface area contributed by atoms with E-state index in [0.29, 0.717) is 12.1 Å². The zero-order chi connectivity index (χ0) is 18.8. The molecule has 7 nitrogen and oxygen atoms in total. The maximum atomic E-state index is 12.9. The number of carbonyl (C=O) groups is 1. The highest BCUT2D eigenvalue weighted by molar-refractivity contribution is 5.75. The zero-order valence-corrected chi connectivity index (χ0v) is 15.3. The quantitative estimate of drug-likeness (QED) is 0.746. The summed E-state index contributed by atoms with van der Waals surface area (Å²) in [7, 11) is 1.61. The van der Waals surface area contributed by atoms with Gasteiger partial charge >= 0.3 is 0 Å². The molecule has 1 aliphatic rings. The van der Waals surface area contributed by atoms with Gasteiger partial charge in [-0.15, -0.1) is 0 Å². The van der Waals surface area contributed by atoms with E-state index in [4.69, 9.17) is 4.74 Å². The summed E-state index contributed by atoms with van der Waals surface area (Å²) in [4.78, 5) is 25.2. The molecule has 0 saturated heterocycles. The highest BCUT2D eigenvalue weighted by Gasteiger charge is 2.20. The van der Waals surface area contributed by atoms with Crippen LogP contribution in [0.3, 0.4) is 0 Å². The third kappa shape index (κ3) is 3.45. The Morgan fingerprint density at radius 2 is 2.11 bits per heavy atom. The molecule has 0 spiro atoms. The van der Waals surface area contributed by atoms with Crippen LogP contribution < -0.4 is 15.6 Å². The molecule has 0 bridgehead atoms. The summed E-state index contributed by atoms with van der Waals surface area (Å²) in [5.41, 5.74) is 3.43. The fourth-order valence-electron chi connectivity index (χ4n) is 3.57. The number of nitrogens with zero attached hydrogens (tertiary/aromatic N) is 3. The second kappa shape index (κ2) is 7.26. The minimum absolute atomic E-state index is 0.0146. The number of carbonyl (C=O) groups excluding carboxylic acids is 1. The molecule has 3 aromatic rings. The summed E-state index contributed by atoms with van der Waals surface area (Å²) in [6, 6.07) is 7.52. The van der Waals surface area contributed by atoms with E-state index in [9.17, 15) is 9.59 Å². The van der Waals surface area contributed by atoms with Crippen LogP contribution in [0.4, 0.5) is 0 Å². The minimum Gasteiger partial charge on any atom is -0.497 e. The summed E-state index contributed by atoms with van der Waals surface area (Å²) in [5, 5.41) is 7.37. The van der Waals surface area contributed by atoms with Gasteiger partial charge in [0.05, 0.1) is 12.8 Å². The van der Waals surface area contributed by atoms with Gasteiger partial charge in [0.1, 0.15) is 17.8 Å². The molecular formula is C20H22N4O3. The second-order valence-corrected chi connectivity index (χ2v) is 6.78. The SMILES string of the molecule is COc1cccc(CNC(=O)Cn2ccn3nc4c(c3c2=O)CCCC4)c1. The van der Waals surface area contributed by atoms with Crippen molar-refractivity contribution < 1.29 is 9.53 Å². The molecule has 0 radical (unpaired) electrons. The standard InChI is InChI=1S/C20H22N4O3/c1-27-15-6-4-5-14(11-15)12-21-18(25)13-23-9-10-24-19(20(23)26)16-7-2-3-8-17(16)22-24/h4-6,9-11H,2-3,7-8,12-13H2,1H3,(H,21,25). The molecule has 1 aliphatic carbocycles. The third-order valence-electron chi connectivity index (χ3n) is 4.97. The number of aryl methyl sites for hydroxylation is 2. The van der Waals surface area contributed by atoms with Gasteiger partial charge in [-0.3, -0.25) is 9.59 Å². The Hall–Kier alpha value is -3.09. The van der Waals surface area contributed by atoms with Crippen molar-refractivity contribution in [2.45, 2.75) is 38.8 Å². The maximum Gasteiger partial charge on any atom is 0.277 e. The van der Waals surface area contributed by atoms with Crippen molar-refractivity contribution in [2.75, 3.05) is 7.11 Å². The number of methoxy groups -OCH3 is 1. The van der Waals surface area contributed by atoms with Gasteiger partial charge in [0.15, 0.2) is 0 Å². The highest BCUT2D eigenvalue weighted by Crippen LogP contribution is 2.22. The predicted molar refractivity (Wildman–Crippen MR) is 101 cm³/mol. The van der Waals surface area contributed by atoms with Crippen molar-refractivity contribution in [3.05, 3.63) is 63.8 Å². The number of rotatable bonds is 5. The van der Waals surface area contributed by atoms with E-state index in [-0.39, 0.29) is 18.0 Å². The Morgan fingerprint density at radius 1 is 1.26 bits per heavy atom. The summed E-state index contributed by atoms with van der Waals surface area (Å²) < 4.78 is 8.29. The van der Waals surface area contributed by atoms with Gasteiger partial charge in [0.2, 0.25) is 5.91 Å². The lowest BCUT2D eigenvalue weighted by Gasteiger charge is -2.10. The number of benzene rings is 1. The maximum absolute atomic E-state index is 12.9. The number of nitrogens with one attached hydrogen (secondary N) is 1. The van der Waals surface area contributed by atoms with Crippen LogP contribution in [0.25, 0.3) is 5.52 Å². The molecule has 0 saturated carbocycles. The summed E-state index contributed by atoms with van der Waals surface area (Å²) in [6.45, 7) is 0.369. The first-order valence-corrected chi connectivity index (χ1v) is 9.15. The molecular weight excluding hydrogens is 344 g/mol. The Labute approximate surface area is 156 Å². The number of aromatic nitrogens is 3. The number of fused-ring (bicyclic) bond motifs is 3. The van der Waals surface area contributed by atoms with Crippen LogP contribution in [-0.2, 0) is 30.7 Å². The molecule has 1 N–H and O–H groups in total. The summed E-state index contributed by atoms with van der Waals surface area (Å²) in [6.07, 6.45) is 7.35. The Morgan fingerprint density at radius 3 is 2.96 bits per heavy atom. The predicted octanol–water partition coefficient (Wildman–Crippen LogP) is 1.70. The zero-order valence-electron chi connectivity index (χ0n) is 15.3. The van der Waals surface area contributed by atoms with E-state index in [1.54, 1.807) is 24.0 Å². The average Bonchev–Trinajstić information content (AvgIpc) is 3.08. The lowest BCUT2D eigenvalue weighted by Crippen LogP contribution is -2.32.